The van der Waals surface area contributed by atoms with Gasteiger partial charge in [0.25, 0.3) is 0 Å². The molecule has 6 heteroatoms. The second-order valence-corrected chi connectivity index (χ2v) is 7.67. The molecule has 0 radical (unpaired) electrons. The third-order valence-electron chi connectivity index (χ3n) is 5.32. The van der Waals surface area contributed by atoms with Gasteiger partial charge in [-0.25, -0.2) is 14.2 Å². The van der Waals surface area contributed by atoms with Gasteiger partial charge in [-0.2, -0.15) is 0 Å². The van der Waals surface area contributed by atoms with Crippen LogP contribution in [0.25, 0.3) is 5.65 Å². The van der Waals surface area contributed by atoms with Gasteiger partial charge in [-0.3, -0.25) is 0 Å². The number of carboxylic acid groups (broad SMARTS) is 1. The maximum Gasteiger partial charge on any atom is 0.407 e. The van der Waals surface area contributed by atoms with Gasteiger partial charge in [-0.05, 0) is 36.8 Å². The number of halogens is 1. The first-order valence-corrected chi connectivity index (χ1v) is 8.37. The number of nitrogens with zero attached hydrogens (tertiary/aromatic N) is 3. The Morgan fingerprint density at radius 3 is 2.79 bits per heavy atom. The molecule has 0 saturated carbocycles. The van der Waals surface area contributed by atoms with Crippen LogP contribution in [0.2, 0.25) is 0 Å². The van der Waals surface area contributed by atoms with Crippen LogP contribution in [-0.4, -0.2) is 37.6 Å². The average molecular weight is 333 g/mol. The van der Waals surface area contributed by atoms with E-state index in [0.717, 1.165) is 25.0 Å². The van der Waals surface area contributed by atoms with Crippen LogP contribution >= 0.6 is 0 Å². The summed E-state index contributed by atoms with van der Waals surface area (Å²) in [5.74, 6) is -0.368. The van der Waals surface area contributed by atoms with Crippen molar-refractivity contribution in [2.24, 2.45) is 5.41 Å². The number of rotatable bonds is 2. The summed E-state index contributed by atoms with van der Waals surface area (Å²) in [6.45, 7) is 6.76. The first-order valence-electron chi connectivity index (χ1n) is 8.37. The molecule has 1 aliphatic heterocycles. The van der Waals surface area contributed by atoms with Crippen LogP contribution in [-0.2, 0) is 6.42 Å². The molecule has 5 nitrogen and oxygen atoms in total. The molecule has 2 aromatic heterocycles. The summed E-state index contributed by atoms with van der Waals surface area (Å²) in [5, 5.41) is 9.74. The fourth-order valence-electron chi connectivity index (χ4n) is 3.96. The smallest absolute Gasteiger partial charge is 0.407 e. The van der Waals surface area contributed by atoms with E-state index in [4.69, 9.17) is 0 Å². The number of aromatic nitrogens is 2. The highest BCUT2D eigenvalue weighted by Crippen LogP contribution is 2.44. The molecule has 1 amide bonds. The van der Waals surface area contributed by atoms with Gasteiger partial charge in [0.05, 0.1) is 11.2 Å². The Kier molecular flexibility index (Phi) is 4.01. The summed E-state index contributed by atoms with van der Waals surface area (Å²) in [7, 11) is 0. The first-order chi connectivity index (χ1) is 11.2. The minimum atomic E-state index is -0.889. The third kappa shape index (κ3) is 2.64. The fraction of sp³-hybridized carbons (Fsp3) is 0.556. The van der Waals surface area contributed by atoms with E-state index < -0.39 is 11.6 Å². The van der Waals surface area contributed by atoms with E-state index in [2.05, 4.69) is 25.8 Å². The molecule has 0 spiro atoms. The summed E-state index contributed by atoms with van der Waals surface area (Å²) in [6.07, 6.45) is 5.82. The van der Waals surface area contributed by atoms with Crippen LogP contribution in [0.5, 0.6) is 0 Å². The van der Waals surface area contributed by atoms with Crippen LogP contribution < -0.4 is 0 Å². The van der Waals surface area contributed by atoms with Crippen molar-refractivity contribution in [1.29, 1.82) is 0 Å². The highest BCUT2D eigenvalue weighted by atomic mass is 19.1. The zero-order valence-corrected chi connectivity index (χ0v) is 14.4. The van der Waals surface area contributed by atoms with Crippen molar-refractivity contribution in [3.05, 3.63) is 36.0 Å². The molecule has 0 unspecified atom stereocenters. The molecule has 130 valence electrons. The van der Waals surface area contributed by atoms with Gasteiger partial charge in [-0.15, -0.1) is 0 Å². The van der Waals surface area contributed by atoms with Crippen molar-refractivity contribution in [3.8, 4) is 0 Å². The highest BCUT2D eigenvalue weighted by molar-refractivity contribution is 5.66. The summed E-state index contributed by atoms with van der Waals surface area (Å²) in [6, 6.07) is 3.02. The van der Waals surface area contributed by atoms with E-state index >= 15 is 0 Å². The van der Waals surface area contributed by atoms with Crippen molar-refractivity contribution >= 4 is 11.7 Å². The van der Waals surface area contributed by atoms with Crippen LogP contribution in [0.1, 0.15) is 45.7 Å². The van der Waals surface area contributed by atoms with Gasteiger partial charge in [0.2, 0.25) is 0 Å². The monoisotopic (exact) mass is 333 g/mol. The normalized spacial score (nSPS) is 22.1. The lowest BCUT2D eigenvalue weighted by molar-refractivity contribution is -0.0251. The standard InChI is InChI=1S/C18H24FN3O2/c1-17(2,3)18(8-4-5-10-22(18)16(23)24)11-13-12-21-9-6-7-14(19)15(21)20-13/h6-7,9,12H,4-5,8,10-11H2,1-3H3,(H,23,24)/t18-/m0/s1. The summed E-state index contributed by atoms with van der Waals surface area (Å²) in [5.41, 5.74) is 0.225. The lowest BCUT2D eigenvalue weighted by Gasteiger charge is -2.53. The molecule has 1 saturated heterocycles. The topological polar surface area (TPSA) is 57.8 Å². The number of amides is 1. The van der Waals surface area contributed by atoms with Crippen LogP contribution in [0.3, 0.4) is 0 Å². The molecule has 1 fully saturated rings. The Balaban J connectivity index is 2.06. The Hall–Kier alpha value is -2.11. The van der Waals surface area contributed by atoms with E-state index in [1.165, 1.54) is 6.07 Å². The molecular weight excluding hydrogens is 309 g/mol. The first kappa shape index (κ1) is 16.7. The third-order valence-corrected chi connectivity index (χ3v) is 5.32. The predicted octanol–water partition coefficient (Wildman–Crippen LogP) is 3.96. The zero-order valence-electron chi connectivity index (χ0n) is 14.4. The fourth-order valence-corrected chi connectivity index (χ4v) is 3.96. The van der Waals surface area contributed by atoms with Gasteiger partial charge in [0.15, 0.2) is 11.5 Å². The number of pyridine rings is 1. The predicted molar refractivity (Wildman–Crippen MR) is 89.6 cm³/mol. The number of piperidine rings is 1. The van der Waals surface area contributed by atoms with Crippen molar-refractivity contribution in [2.75, 3.05) is 6.54 Å². The Labute approximate surface area is 141 Å². The van der Waals surface area contributed by atoms with E-state index in [0.29, 0.717) is 13.0 Å². The van der Waals surface area contributed by atoms with Crippen LogP contribution in [0.4, 0.5) is 9.18 Å². The molecule has 1 N–H and O–H groups in total. The molecular formula is C18H24FN3O2. The summed E-state index contributed by atoms with van der Waals surface area (Å²) in [4.78, 5) is 17.9. The molecule has 2 aromatic rings. The molecule has 0 aromatic carbocycles. The van der Waals surface area contributed by atoms with Gasteiger partial charge in [0, 0.05) is 25.4 Å². The number of hydrogen-bond donors (Lipinski definition) is 1. The number of fused-ring (bicyclic) bond motifs is 1. The van der Waals surface area contributed by atoms with E-state index in [-0.39, 0.29) is 16.9 Å². The van der Waals surface area contributed by atoms with Crippen molar-refractivity contribution in [2.45, 2.75) is 52.0 Å². The van der Waals surface area contributed by atoms with E-state index in [1.54, 1.807) is 27.8 Å². The van der Waals surface area contributed by atoms with Crippen molar-refractivity contribution in [3.63, 3.8) is 0 Å². The van der Waals surface area contributed by atoms with Gasteiger partial charge >= 0.3 is 6.09 Å². The minimum Gasteiger partial charge on any atom is -0.465 e. The minimum absolute atomic E-state index is 0.250. The quantitative estimate of drug-likeness (QED) is 0.905. The Morgan fingerprint density at radius 2 is 2.17 bits per heavy atom. The van der Waals surface area contributed by atoms with E-state index in [1.807, 2.05) is 0 Å². The Bertz CT molecular complexity index is 765. The van der Waals surface area contributed by atoms with Gasteiger partial charge in [0.1, 0.15) is 0 Å². The van der Waals surface area contributed by atoms with Gasteiger partial charge in [-0.1, -0.05) is 20.8 Å². The molecule has 3 heterocycles. The number of likely N-dealkylation sites (tertiary alicyclic amines) is 1. The SMILES string of the molecule is CC(C)(C)[C@@]1(Cc2cn3cccc(F)c3n2)CCCCN1C(=O)O. The highest BCUT2D eigenvalue weighted by Gasteiger charge is 2.50. The lowest BCUT2D eigenvalue weighted by atomic mass is 9.65. The van der Waals surface area contributed by atoms with Crippen molar-refractivity contribution in [1.82, 2.24) is 14.3 Å². The summed E-state index contributed by atoms with van der Waals surface area (Å²) >= 11 is 0. The zero-order chi connectivity index (χ0) is 17.5. The van der Waals surface area contributed by atoms with Crippen molar-refractivity contribution < 1.29 is 14.3 Å². The van der Waals surface area contributed by atoms with Crippen LogP contribution in [0.15, 0.2) is 24.5 Å². The Morgan fingerprint density at radius 1 is 1.42 bits per heavy atom. The average Bonchev–Trinajstić information content (AvgIpc) is 2.90. The molecule has 0 bridgehead atoms. The lowest BCUT2D eigenvalue weighted by Crippen LogP contribution is -2.62. The maximum absolute atomic E-state index is 13.9. The second kappa shape index (κ2) is 5.76. The molecule has 3 rings (SSSR count). The molecule has 0 aliphatic carbocycles. The number of carbonyl (C=O) groups is 1. The maximum atomic E-state index is 13.9. The largest absolute Gasteiger partial charge is 0.465 e. The molecule has 1 aliphatic rings. The molecule has 1 atom stereocenters. The van der Waals surface area contributed by atoms with E-state index in [9.17, 15) is 14.3 Å². The number of hydrogen-bond acceptors (Lipinski definition) is 2. The van der Waals surface area contributed by atoms with Gasteiger partial charge < -0.3 is 14.4 Å². The second-order valence-electron chi connectivity index (χ2n) is 7.67. The number of imidazole rings is 1. The molecule has 24 heavy (non-hydrogen) atoms. The summed E-state index contributed by atoms with van der Waals surface area (Å²) < 4.78 is 15.6. The van der Waals surface area contributed by atoms with Crippen LogP contribution in [0, 0.1) is 11.2 Å².